The molecule has 0 aliphatic carbocycles. The third kappa shape index (κ3) is 2.66. The average Bonchev–Trinajstić information content (AvgIpc) is 2.36. The van der Waals surface area contributed by atoms with E-state index in [0.29, 0.717) is 12.3 Å². The van der Waals surface area contributed by atoms with Crippen molar-refractivity contribution in [2.45, 2.75) is 37.8 Å². The SMILES string of the molecule is COCC1(C(=O)OC(C)(C)C)CS[C@@H]2C(N)C(=O)N2C1. The number of carbonyl (C=O) groups is 2. The van der Waals surface area contributed by atoms with Crippen molar-refractivity contribution in [1.29, 1.82) is 0 Å². The molecule has 0 aromatic rings. The summed E-state index contributed by atoms with van der Waals surface area (Å²) in [6.45, 7) is 6.04. The molecule has 20 heavy (non-hydrogen) atoms. The van der Waals surface area contributed by atoms with Crippen molar-refractivity contribution in [2.24, 2.45) is 11.1 Å². The number of fused-ring (bicyclic) bond motifs is 1. The highest BCUT2D eigenvalue weighted by Gasteiger charge is 2.56. The summed E-state index contributed by atoms with van der Waals surface area (Å²) in [5.41, 5.74) is 4.39. The minimum Gasteiger partial charge on any atom is -0.459 e. The summed E-state index contributed by atoms with van der Waals surface area (Å²) in [5, 5.41) is -0.0186. The van der Waals surface area contributed by atoms with Gasteiger partial charge in [0.2, 0.25) is 5.91 Å². The Morgan fingerprint density at radius 3 is 2.75 bits per heavy atom. The van der Waals surface area contributed by atoms with Gasteiger partial charge in [0.15, 0.2) is 0 Å². The van der Waals surface area contributed by atoms with Crippen LogP contribution in [0.4, 0.5) is 0 Å². The molecule has 0 saturated carbocycles. The standard InChI is InChI=1S/C13H22N2O4S/c1-12(2,3)19-11(17)13(6-18-4)5-15-9(16)8(14)10(15)20-7-13/h8,10H,5-7,14H2,1-4H3/t8?,10-,13?/m1/s1. The zero-order valence-corrected chi connectivity index (χ0v) is 13.2. The van der Waals surface area contributed by atoms with Crippen LogP contribution in [-0.2, 0) is 19.1 Å². The summed E-state index contributed by atoms with van der Waals surface area (Å²) in [7, 11) is 1.55. The second-order valence-corrected chi connectivity index (χ2v) is 7.51. The van der Waals surface area contributed by atoms with Crippen LogP contribution >= 0.6 is 11.8 Å². The molecular weight excluding hydrogens is 280 g/mol. The van der Waals surface area contributed by atoms with Crippen LogP contribution < -0.4 is 5.73 Å². The number of β-lactam (4-membered cyclic amide) rings is 1. The first-order valence-corrected chi connectivity index (χ1v) is 7.65. The average molecular weight is 302 g/mol. The molecule has 7 heteroatoms. The number of hydrogen-bond donors (Lipinski definition) is 1. The van der Waals surface area contributed by atoms with Gasteiger partial charge in [0.05, 0.1) is 6.61 Å². The van der Waals surface area contributed by atoms with E-state index >= 15 is 0 Å². The Balaban J connectivity index is 2.15. The predicted octanol–water partition coefficient (Wildman–Crippen LogP) is 0.203. The zero-order valence-electron chi connectivity index (χ0n) is 12.3. The lowest BCUT2D eigenvalue weighted by Gasteiger charge is -2.53. The van der Waals surface area contributed by atoms with Gasteiger partial charge in [0.1, 0.15) is 22.4 Å². The quantitative estimate of drug-likeness (QED) is 0.592. The maximum absolute atomic E-state index is 12.5. The third-order valence-corrected chi connectivity index (χ3v) is 5.05. The zero-order chi connectivity index (χ0) is 15.1. The number of nitrogens with zero attached hydrogens (tertiary/aromatic N) is 1. The number of amides is 1. The molecule has 2 rings (SSSR count). The predicted molar refractivity (Wildman–Crippen MR) is 76.1 cm³/mol. The summed E-state index contributed by atoms with van der Waals surface area (Å²) in [5.74, 6) is 0.134. The number of methoxy groups -OCH3 is 1. The van der Waals surface area contributed by atoms with Crippen molar-refractivity contribution in [2.75, 3.05) is 26.0 Å². The van der Waals surface area contributed by atoms with E-state index in [9.17, 15) is 9.59 Å². The van der Waals surface area contributed by atoms with Crippen LogP contribution in [0.3, 0.4) is 0 Å². The molecule has 2 heterocycles. The number of esters is 1. The van der Waals surface area contributed by atoms with Crippen molar-refractivity contribution in [3.8, 4) is 0 Å². The van der Waals surface area contributed by atoms with E-state index in [1.807, 2.05) is 20.8 Å². The van der Waals surface area contributed by atoms with Crippen molar-refractivity contribution in [3.05, 3.63) is 0 Å². The van der Waals surface area contributed by atoms with Gasteiger partial charge >= 0.3 is 5.97 Å². The summed E-state index contributed by atoms with van der Waals surface area (Å²) in [6, 6.07) is -0.445. The van der Waals surface area contributed by atoms with E-state index in [2.05, 4.69) is 0 Å². The lowest BCUT2D eigenvalue weighted by molar-refractivity contribution is -0.174. The molecule has 2 aliphatic rings. The molecule has 0 radical (unpaired) electrons. The lowest BCUT2D eigenvalue weighted by atomic mass is 9.87. The highest BCUT2D eigenvalue weighted by Crippen LogP contribution is 2.42. The van der Waals surface area contributed by atoms with Crippen molar-refractivity contribution in [1.82, 2.24) is 4.90 Å². The fraction of sp³-hybridized carbons (Fsp3) is 0.846. The van der Waals surface area contributed by atoms with E-state index in [4.69, 9.17) is 15.2 Å². The third-order valence-electron chi connectivity index (χ3n) is 3.44. The fourth-order valence-corrected chi connectivity index (χ4v) is 3.93. The van der Waals surface area contributed by atoms with Gasteiger partial charge in [-0.05, 0) is 20.8 Å². The highest BCUT2D eigenvalue weighted by atomic mass is 32.2. The van der Waals surface area contributed by atoms with Gasteiger partial charge in [-0.2, -0.15) is 0 Å². The topological polar surface area (TPSA) is 81.9 Å². The van der Waals surface area contributed by atoms with Gasteiger partial charge in [-0.1, -0.05) is 0 Å². The maximum Gasteiger partial charge on any atom is 0.317 e. The van der Waals surface area contributed by atoms with Crippen LogP contribution in [0.1, 0.15) is 20.8 Å². The van der Waals surface area contributed by atoms with Crippen LogP contribution in [-0.4, -0.2) is 59.8 Å². The van der Waals surface area contributed by atoms with Gasteiger partial charge in [-0.25, -0.2) is 0 Å². The number of thioether (sulfide) groups is 1. The van der Waals surface area contributed by atoms with Crippen LogP contribution in [0.15, 0.2) is 0 Å². The van der Waals surface area contributed by atoms with Crippen LogP contribution in [0.5, 0.6) is 0 Å². The Bertz CT molecular complexity index is 423. The van der Waals surface area contributed by atoms with Crippen molar-refractivity contribution >= 4 is 23.6 Å². The molecule has 0 aromatic carbocycles. The van der Waals surface area contributed by atoms with Crippen LogP contribution in [0.25, 0.3) is 0 Å². The molecule has 2 N–H and O–H groups in total. The van der Waals surface area contributed by atoms with E-state index in [-0.39, 0.29) is 23.9 Å². The maximum atomic E-state index is 12.5. The van der Waals surface area contributed by atoms with Crippen LogP contribution in [0, 0.1) is 5.41 Å². The van der Waals surface area contributed by atoms with E-state index in [0.717, 1.165) is 0 Å². The Hall–Kier alpha value is -0.790. The molecular formula is C13H22N2O4S. The number of rotatable bonds is 3. The van der Waals surface area contributed by atoms with Gasteiger partial charge in [0, 0.05) is 19.4 Å². The molecule has 3 atom stereocenters. The van der Waals surface area contributed by atoms with E-state index in [1.54, 1.807) is 12.0 Å². The van der Waals surface area contributed by atoms with Gasteiger partial charge in [-0.3, -0.25) is 9.59 Å². The van der Waals surface area contributed by atoms with Crippen molar-refractivity contribution in [3.63, 3.8) is 0 Å². The number of hydrogen-bond acceptors (Lipinski definition) is 6. The van der Waals surface area contributed by atoms with E-state index in [1.165, 1.54) is 11.8 Å². The molecule has 0 bridgehead atoms. The van der Waals surface area contributed by atoms with Crippen LogP contribution in [0.2, 0.25) is 0 Å². The number of nitrogens with two attached hydrogens (primary N) is 1. The first-order valence-electron chi connectivity index (χ1n) is 6.60. The molecule has 114 valence electrons. The van der Waals surface area contributed by atoms with Gasteiger partial charge in [-0.15, -0.1) is 11.8 Å². The molecule has 2 aliphatic heterocycles. The molecule has 2 saturated heterocycles. The molecule has 1 amide bonds. The monoisotopic (exact) mass is 302 g/mol. The summed E-state index contributed by atoms with van der Waals surface area (Å²) in [4.78, 5) is 26.0. The fourth-order valence-electron chi connectivity index (χ4n) is 2.46. The summed E-state index contributed by atoms with van der Waals surface area (Å²) >= 11 is 1.53. The highest BCUT2D eigenvalue weighted by molar-refractivity contribution is 8.00. The number of ether oxygens (including phenoxy) is 2. The normalized spacial score (nSPS) is 33.5. The van der Waals surface area contributed by atoms with Gasteiger partial charge < -0.3 is 20.1 Å². The molecule has 6 nitrogen and oxygen atoms in total. The van der Waals surface area contributed by atoms with E-state index < -0.39 is 17.1 Å². The second-order valence-electron chi connectivity index (χ2n) is 6.41. The Kier molecular flexibility index (Phi) is 4.05. The number of carbonyl (C=O) groups excluding carboxylic acids is 2. The minimum absolute atomic E-state index is 0.0186. The smallest absolute Gasteiger partial charge is 0.317 e. The first kappa shape index (κ1) is 15.6. The largest absolute Gasteiger partial charge is 0.459 e. The molecule has 2 unspecified atom stereocenters. The Labute approximate surface area is 123 Å². The Morgan fingerprint density at radius 1 is 1.55 bits per heavy atom. The molecule has 0 aromatic heterocycles. The Morgan fingerprint density at radius 2 is 2.20 bits per heavy atom. The molecule has 0 spiro atoms. The molecule has 2 fully saturated rings. The second kappa shape index (κ2) is 5.20. The minimum atomic E-state index is -0.807. The summed E-state index contributed by atoms with van der Waals surface area (Å²) in [6.07, 6.45) is 0. The first-order chi connectivity index (χ1) is 9.20. The summed E-state index contributed by atoms with van der Waals surface area (Å²) < 4.78 is 10.7. The van der Waals surface area contributed by atoms with Gasteiger partial charge in [0.25, 0.3) is 0 Å². The van der Waals surface area contributed by atoms with Crippen molar-refractivity contribution < 1.29 is 19.1 Å². The lowest BCUT2D eigenvalue weighted by Crippen LogP contribution is -2.72.